The number of benzene rings is 1. The van der Waals surface area contributed by atoms with Crippen LogP contribution in [0.4, 0.5) is 0 Å². The van der Waals surface area contributed by atoms with Crippen molar-refractivity contribution in [2.45, 2.75) is 45.2 Å². The molecule has 1 aliphatic carbocycles. The van der Waals surface area contributed by atoms with E-state index < -0.39 is 11.9 Å². The molecule has 3 heterocycles. The molecule has 2 atom stereocenters. The quantitative estimate of drug-likeness (QED) is 0.393. The second-order valence-electron chi connectivity index (χ2n) is 8.58. The number of H-pyrrole nitrogens is 1. The Kier molecular flexibility index (Phi) is 5.79. The number of aryl methyl sites for hydroxylation is 1. The minimum absolute atomic E-state index is 0.161. The van der Waals surface area contributed by atoms with E-state index >= 15 is 0 Å². The molecule has 0 bridgehead atoms. The van der Waals surface area contributed by atoms with Crippen LogP contribution in [-0.4, -0.2) is 45.8 Å². The van der Waals surface area contributed by atoms with E-state index in [0.29, 0.717) is 18.8 Å². The minimum atomic E-state index is -0.847. The first-order valence-corrected chi connectivity index (χ1v) is 11.4. The van der Waals surface area contributed by atoms with Crippen LogP contribution in [-0.2, 0) is 17.8 Å². The van der Waals surface area contributed by atoms with Gasteiger partial charge in [0.05, 0.1) is 24.2 Å². The summed E-state index contributed by atoms with van der Waals surface area (Å²) >= 11 is 0. The van der Waals surface area contributed by atoms with E-state index in [-0.39, 0.29) is 11.7 Å². The predicted octanol–water partition coefficient (Wildman–Crippen LogP) is 2.93. The largest absolute Gasteiger partial charge is 0.481 e. The van der Waals surface area contributed by atoms with Gasteiger partial charge in [-0.05, 0) is 36.1 Å². The number of aromatic nitrogens is 7. The van der Waals surface area contributed by atoms with Gasteiger partial charge in [0.1, 0.15) is 0 Å². The zero-order valence-corrected chi connectivity index (χ0v) is 18.8. The Bertz CT molecular complexity index is 1360. The molecule has 1 aliphatic rings. The first-order chi connectivity index (χ1) is 16.6. The Morgan fingerprint density at radius 3 is 2.68 bits per heavy atom. The smallest absolute Gasteiger partial charge is 0.328 e. The fourth-order valence-corrected chi connectivity index (χ4v) is 4.30. The number of unbranched alkanes of at least 4 members (excludes halogenated alkanes) is 1. The summed E-state index contributed by atoms with van der Waals surface area (Å²) in [5, 5.41) is 23.6. The molecule has 0 saturated heterocycles. The molecule has 34 heavy (non-hydrogen) atoms. The van der Waals surface area contributed by atoms with E-state index in [1.807, 2.05) is 42.6 Å². The summed E-state index contributed by atoms with van der Waals surface area (Å²) in [6.45, 7) is 2.49. The van der Waals surface area contributed by atoms with E-state index in [2.05, 4.69) is 32.5 Å². The molecule has 4 aromatic rings. The highest BCUT2D eigenvalue weighted by atomic mass is 16.4. The van der Waals surface area contributed by atoms with E-state index in [4.69, 9.17) is 0 Å². The average molecular weight is 460 g/mol. The van der Waals surface area contributed by atoms with Gasteiger partial charge >= 0.3 is 11.7 Å². The van der Waals surface area contributed by atoms with Crippen molar-refractivity contribution in [2.75, 3.05) is 0 Å². The van der Waals surface area contributed by atoms with Gasteiger partial charge in [-0.25, -0.2) is 4.79 Å². The molecular weight excluding hydrogens is 434 g/mol. The number of tetrazole rings is 1. The van der Waals surface area contributed by atoms with Gasteiger partial charge in [0.2, 0.25) is 5.82 Å². The number of hydrogen-bond donors (Lipinski definition) is 2. The van der Waals surface area contributed by atoms with Gasteiger partial charge in [-0.3, -0.25) is 18.9 Å². The van der Waals surface area contributed by atoms with Crippen LogP contribution in [0.25, 0.3) is 22.6 Å². The standard InChI is InChI=1S/C24H25N7O3/c1-2-3-6-16-14-31(21-11-19(21)23(32)33)24(34)30(16)13-15-9-10-20(25-12-15)17-7-4-5-8-18(17)22-26-28-29-27-22/h4-5,7-10,12,14,19,21H,2-3,6,11,13H2,1H3,(H,32,33)(H,26,27,28,29). The average Bonchev–Trinajstić information content (AvgIpc) is 3.34. The number of carboxylic acids is 1. The molecule has 0 aliphatic heterocycles. The number of nitrogens with one attached hydrogen (secondary N) is 1. The number of imidazole rings is 1. The number of pyridine rings is 1. The van der Waals surface area contributed by atoms with Crippen molar-refractivity contribution < 1.29 is 9.90 Å². The highest BCUT2D eigenvalue weighted by molar-refractivity contribution is 5.78. The highest BCUT2D eigenvalue weighted by Crippen LogP contribution is 2.42. The van der Waals surface area contributed by atoms with Crippen LogP contribution in [0.5, 0.6) is 0 Å². The lowest BCUT2D eigenvalue weighted by molar-refractivity contribution is -0.138. The lowest BCUT2D eigenvalue weighted by atomic mass is 10.0. The van der Waals surface area contributed by atoms with Gasteiger partial charge < -0.3 is 5.11 Å². The summed E-state index contributed by atoms with van der Waals surface area (Å²) in [6, 6.07) is 11.3. The van der Waals surface area contributed by atoms with Crippen LogP contribution < -0.4 is 5.69 Å². The third kappa shape index (κ3) is 4.14. The number of nitrogens with zero attached hydrogens (tertiary/aromatic N) is 6. The molecule has 10 nitrogen and oxygen atoms in total. The molecule has 3 aromatic heterocycles. The minimum Gasteiger partial charge on any atom is -0.481 e. The maximum atomic E-state index is 13.2. The van der Waals surface area contributed by atoms with Crippen molar-refractivity contribution in [3.05, 3.63) is 70.5 Å². The van der Waals surface area contributed by atoms with Crippen LogP contribution in [0.3, 0.4) is 0 Å². The Balaban J connectivity index is 1.42. The Morgan fingerprint density at radius 1 is 1.21 bits per heavy atom. The normalized spacial score (nSPS) is 17.1. The Morgan fingerprint density at radius 2 is 2.03 bits per heavy atom. The van der Waals surface area contributed by atoms with Crippen LogP contribution in [0.15, 0.2) is 53.6 Å². The van der Waals surface area contributed by atoms with Crippen LogP contribution in [0, 0.1) is 5.92 Å². The van der Waals surface area contributed by atoms with Gasteiger partial charge in [0, 0.05) is 29.2 Å². The van der Waals surface area contributed by atoms with Crippen LogP contribution in [0.2, 0.25) is 0 Å². The molecule has 1 aromatic carbocycles. The van der Waals surface area contributed by atoms with Crippen molar-refractivity contribution in [3.8, 4) is 22.6 Å². The molecule has 0 radical (unpaired) electrons. The summed E-state index contributed by atoms with van der Waals surface area (Å²) in [6.07, 6.45) is 6.86. The fraction of sp³-hybridized carbons (Fsp3) is 0.333. The second-order valence-corrected chi connectivity index (χ2v) is 8.58. The first-order valence-electron chi connectivity index (χ1n) is 11.4. The number of hydrogen-bond acceptors (Lipinski definition) is 6. The van der Waals surface area contributed by atoms with Gasteiger partial charge in [-0.1, -0.05) is 43.7 Å². The lowest BCUT2D eigenvalue weighted by Crippen LogP contribution is -2.26. The molecule has 2 N–H and O–H groups in total. The first kappa shape index (κ1) is 21.7. The van der Waals surface area contributed by atoms with Gasteiger partial charge in [-0.2, -0.15) is 5.21 Å². The lowest BCUT2D eigenvalue weighted by Gasteiger charge is -2.09. The van der Waals surface area contributed by atoms with E-state index in [0.717, 1.165) is 47.3 Å². The van der Waals surface area contributed by atoms with Gasteiger partial charge in [-0.15, -0.1) is 10.2 Å². The van der Waals surface area contributed by atoms with Crippen molar-refractivity contribution in [3.63, 3.8) is 0 Å². The van der Waals surface area contributed by atoms with E-state index in [9.17, 15) is 14.7 Å². The Labute approximate surface area is 195 Å². The number of rotatable bonds is 9. The summed E-state index contributed by atoms with van der Waals surface area (Å²) in [7, 11) is 0. The summed E-state index contributed by atoms with van der Waals surface area (Å²) in [5.41, 5.74) is 4.13. The number of carboxylic acid groups (broad SMARTS) is 1. The van der Waals surface area contributed by atoms with Gasteiger partial charge in [0.15, 0.2) is 0 Å². The highest BCUT2D eigenvalue weighted by Gasteiger charge is 2.46. The third-order valence-electron chi connectivity index (χ3n) is 6.26. The molecular formula is C24H25N7O3. The molecule has 2 unspecified atom stereocenters. The van der Waals surface area contributed by atoms with Crippen molar-refractivity contribution >= 4 is 5.97 Å². The molecule has 0 spiro atoms. The topological polar surface area (TPSA) is 132 Å². The van der Waals surface area contributed by atoms with Crippen LogP contribution >= 0.6 is 0 Å². The second kappa shape index (κ2) is 9.05. The van der Waals surface area contributed by atoms with Crippen molar-refractivity contribution in [1.29, 1.82) is 0 Å². The zero-order valence-electron chi connectivity index (χ0n) is 18.8. The predicted molar refractivity (Wildman–Crippen MR) is 124 cm³/mol. The Hall–Kier alpha value is -4.08. The SMILES string of the molecule is CCCCc1cn(C2CC2C(=O)O)c(=O)n1Cc1ccc(-c2ccccc2-c2nn[nH]n2)nc1. The molecule has 10 heteroatoms. The fourth-order valence-electron chi connectivity index (χ4n) is 4.30. The zero-order chi connectivity index (χ0) is 23.7. The van der Waals surface area contributed by atoms with Crippen molar-refractivity contribution in [1.82, 2.24) is 34.7 Å². The third-order valence-corrected chi connectivity index (χ3v) is 6.26. The van der Waals surface area contributed by atoms with Crippen LogP contribution in [0.1, 0.15) is 43.5 Å². The van der Waals surface area contributed by atoms with Gasteiger partial charge in [0.25, 0.3) is 0 Å². The molecule has 1 saturated carbocycles. The molecule has 0 amide bonds. The maximum Gasteiger partial charge on any atom is 0.328 e. The molecule has 5 rings (SSSR count). The summed E-state index contributed by atoms with van der Waals surface area (Å²) < 4.78 is 3.35. The number of carbonyl (C=O) groups is 1. The number of aromatic amines is 1. The van der Waals surface area contributed by atoms with Crippen molar-refractivity contribution in [2.24, 2.45) is 5.92 Å². The summed E-state index contributed by atoms with van der Waals surface area (Å²) in [4.78, 5) is 29.1. The summed E-state index contributed by atoms with van der Waals surface area (Å²) in [5.74, 6) is -0.830. The molecule has 174 valence electrons. The maximum absolute atomic E-state index is 13.2. The van der Waals surface area contributed by atoms with E-state index in [1.54, 1.807) is 15.3 Å². The molecule has 1 fully saturated rings. The monoisotopic (exact) mass is 459 g/mol. The number of aliphatic carboxylic acids is 1. The van der Waals surface area contributed by atoms with E-state index in [1.165, 1.54) is 0 Å².